The third-order valence-electron chi connectivity index (χ3n) is 5.14. The lowest BCUT2D eigenvalue weighted by molar-refractivity contribution is 0.0518. The summed E-state index contributed by atoms with van der Waals surface area (Å²) in [6.07, 6.45) is 0. The van der Waals surface area contributed by atoms with Crippen molar-refractivity contribution in [1.29, 1.82) is 0 Å². The van der Waals surface area contributed by atoms with Crippen molar-refractivity contribution in [3.05, 3.63) is 58.7 Å². The summed E-state index contributed by atoms with van der Waals surface area (Å²) in [5, 5.41) is 5.09. The Bertz CT molecular complexity index is 1010. The fraction of sp³-hybridized carbons (Fsp3) is 0.318. The molecular formula is C22H24ClN3O2. The second-order valence-electron chi connectivity index (χ2n) is 6.94. The van der Waals surface area contributed by atoms with Crippen LogP contribution in [0.5, 0.6) is 0 Å². The number of carbonyl (C=O) groups is 1. The first-order chi connectivity index (χ1) is 13.6. The van der Waals surface area contributed by atoms with Gasteiger partial charge in [0.25, 0.3) is 0 Å². The molecule has 1 fully saturated rings. The third-order valence-corrected chi connectivity index (χ3v) is 5.54. The van der Waals surface area contributed by atoms with Crippen LogP contribution in [0.2, 0.25) is 5.02 Å². The number of hydrogen-bond donors (Lipinski definition) is 1. The molecule has 0 unspecified atom stereocenters. The summed E-state index contributed by atoms with van der Waals surface area (Å²) in [6, 6.07) is 13.9. The van der Waals surface area contributed by atoms with Crippen LogP contribution in [0.4, 0.5) is 5.69 Å². The van der Waals surface area contributed by atoms with E-state index in [1.165, 1.54) is 0 Å². The van der Waals surface area contributed by atoms with Crippen molar-refractivity contribution >= 4 is 34.2 Å². The van der Waals surface area contributed by atoms with E-state index in [0.717, 1.165) is 54.0 Å². The molecule has 5 nitrogen and oxygen atoms in total. The Balaban J connectivity index is 2.08. The number of benzene rings is 2. The molecule has 0 amide bonds. The number of esters is 1. The number of nitrogens with zero attached hydrogens (tertiary/aromatic N) is 2. The molecule has 1 aliphatic rings. The molecular weight excluding hydrogens is 374 g/mol. The number of fused-ring (bicyclic) bond motifs is 1. The molecule has 0 spiro atoms. The number of piperazine rings is 1. The highest BCUT2D eigenvalue weighted by molar-refractivity contribution is 6.32. The molecule has 2 aromatic carbocycles. The Morgan fingerprint density at radius 2 is 1.89 bits per heavy atom. The third kappa shape index (κ3) is 3.25. The minimum atomic E-state index is -0.315. The fourth-order valence-electron chi connectivity index (χ4n) is 3.84. The number of rotatable bonds is 4. The summed E-state index contributed by atoms with van der Waals surface area (Å²) in [4.78, 5) is 15.4. The van der Waals surface area contributed by atoms with Gasteiger partial charge in [0.05, 0.1) is 17.8 Å². The van der Waals surface area contributed by atoms with Gasteiger partial charge in [-0.25, -0.2) is 4.79 Å². The van der Waals surface area contributed by atoms with Crippen molar-refractivity contribution in [2.24, 2.45) is 0 Å². The van der Waals surface area contributed by atoms with Gasteiger partial charge in [-0.1, -0.05) is 29.8 Å². The lowest BCUT2D eigenvalue weighted by atomic mass is 10.1. The maximum atomic E-state index is 13.1. The summed E-state index contributed by atoms with van der Waals surface area (Å²) < 4.78 is 7.46. The SMILES string of the molecule is CCOC(=O)c1c(N2CCNCC2)c2cc(C)c(Cl)cc2n1-c1ccccc1. The molecule has 2 heterocycles. The summed E-state index contributed by atoms with van der Waals surface area (Å²) >= 11 is 6.48. The lowest BCUT2D eigenvalue weighted by Crippen LogP contribution is -2.44. The molecule has 3 aromatic rings. The molecule has 0 radical (unpaired) electrons. The molecule has 0 atom stereocenters. The Morgan fingerprint density at radius 1 is 1.18 bits per heavy atom. The number of aromatic nitrogens is 1. The number of hydrogen-bond acceptors (Lipinski definition) is 4. The predicted octanol–water partition coefficient (Wildman–Crippen LogP) is 4.18. The molecule has 4 rings (SSSR count). The Hall–Kier alpha value is -2.50. The van der Waals surface area contributed by atoms with E-state index in [0.29, 0.717) is 17.3 Å². The first kappa shape index (κ1) is 18.8. The van der Waals surface area contributed by atoms with Gasteiger partial charge < -0.3 is 19.5 Å². The Morgan fingerprint density at radius 3 is 2.57 bits per heavy atom. The van der Waals surface area contributed by atoms with Crippen molar-refractivity contribution in [3.8, 4) is 5.69 Å². The number of nitrogens with one attached hydrogen (secondary N) is 1. The molecule has 0 saturated carbocycles. The van der Waals surface area contributed by atoms with E-state index in [2.05, 4.69) is 16.3 Å². The smallest absolute Gasteiger partial charge is 0.357 e. The van der Waals surface area contributed by atoms with Crippen LogP contribution in [0.1, 0.15) is 23.0 Å². The van der Waals surface area contributed by atoms with E-state index < -0.39 is 0 Å². The fourth-order valence-corrected chi connectivity index (χ4v) is 4.00. The predicted molar refractivity (Wildman–Crippen MR) is 114 cm³/mol. The van der Waals surface area contributed by atoms with Gasteiger partial charge in [-0.15, -0.1) is 0 Å². The van der Waals surface area contributed by atoms with Gasteiger partial charge >= 0.3 is 5.97 Å². The van der Waals surface area contributed by atoms with E-state index in [9.17, 15) is 4.79 Å². The summed E-state index contributed by atoms with van der Waals surface area (Å²) in [6.45, 7) is 7.59. The summed E-state index contributed by atoms with van der Waals surface area (Å²) in [5.41, 5.74) is 4.31. The van der Waals surface area contributed by atoms with Crippen molar-refractivity contribution in [2.75, 3.05) is 37.7 Å². The van der Waals surface area contributed by atoms with E-state index in [1.807, 2.05) is 54.8 Å². The van der Waals surface area contributed by atoms with Crippen molar-refractivity contribution in [2.45, 2.75) is 13.8 Å². The topological polar surface area (TPSA) is 46.5 Å². The highest BCUT2D eigenvalue weighted by Gasteiger charge is 2.29. The Labute approximate surface area is 169 Å². The van der Waals surface area contributed by atoms with Crippen molar-refractivity contribution in [3.63, 3.8) is 0 Å². The molecule has 1 aromatic heterocycles. The highest BCUT2D eigenvalue weighted by Crippen LogP contribution is 2.39. The molecule has 146 valence electrons. The van der Waals surface area contributed by atoms with E-state index in [-0.39, 0.29) is 5.97 Å². The number of ether oxygens (including phenoxy) is 1. The first-order valence-electron chi connectivity index (χ1n) is 9.64. The second-order valence-corrected chi connectivity index (χ2v) is 7.35. The monoisotopic (exact) mass is 397 g/mol. The quantitative estimate of drug-likeness (QED) is 0.671. The van der Waals surface area contributed by atoms with Gasteiger partial charge in [-0.05, 0) is 43.7 Å². The van der Waals surface area contributed by atoms with E-state index in [4.69, 9.17) is 16.3 Å². The van der Waals surface area contributed by atoms with Crippen molar-refractivity contribution in [1.82, 2.24) is 9.88 Å². The zero-order valence-electron chi connectivity index (χ0n) is 16.2. The largest absolute Gasteiger partial charge is 0.461 e. The molecule has 0 bridgehead atoms. The van der Waals surface area contributed by atoms with Crippen LogP contribution in [-0.2, 0) is 4.74 Å². The summed E-state index contributed by atoms with van der Waals surface area (Å²) in [5.74, 6) is -0.315. The zero-order valence-corrected chi connectivity index (χ0v) is 16.9. The first-order valence-corrected chi connectivity index (χ1v) is 10.0. The van der Waals surface area contributed by atoms with E-state index in [1.54, 1.807) is 0 Å². The summed E-state index contributed by atoms with van der Waals surface area (Å²) in [7, 11) is 0. The van der Waals surface area contributed by atoms with Gasteiger partial charge in [0.1, 0.15) is 0 Å². The van der Waals surface area contributed by atoms with Gasteiger partial charge in [0, 0.05) is 42.3 Å². The van der Waals surface area contributed by atoms with Gasteiger partial charge in [0.15, 0.2) is 5.69 Å². The van der Waals surface area contributed by atoms with Crippen LogP contribution in [0.15, 0.2) is 42.5 Å². The number of aryl methyl sites for hydroxylation is 1. The van der Waals surface area contributed by atoms with Crippen LogP contribution >= 0.6 is 11.6 Å². The molecule has 1 saturated heterocycles. The maximum absolute atomic E-state index is 13.1. The minimum Gasteiger partial charge on any atom is -0.461 e. The van der Waals surface area contributed by atoms with E-state index >= 15 is 0 Å². The van der Waals surface area contributed by atoms with Gasteiger partial charge in [0.2, 0.25) is 0 Å². The normalized spacial score (nSPS) is 14.5. The average Bonchev–Trinajstić information content (AvgIpc) is 3.04. The number of para-hydroxylation sites is 1. The lowest BCUT2D eigenvalue weighted by Gasteiger charge is -2.30. The minimum absolute atomic E-state index is 0.315. The number of anilines is 1. The second kappa shape index (κ2) is 7.86. The standard InChI is InChI=1S/C22H24ClN3O2/c1-3-28-22(27)21-20(25-11-9-24-10-12-25)17-13-15(2)18(23)14-19(17)26(21)16-7-5-4-6-8-16/h4-8,13-14,24H,3,9-12H2,1-2H3. The average molecular weight is 398 g/mol. The molecule has 0 aliphatic carbocycles. The van der Waals surface area contributed by atoms with Crippen LogP contribution < -0.4 is 10.2 Å². The van der Waals surface area contributed by atoms with Gasteiger partial charge in [-0.3, -0.25) is 0 Å². The highest BCUT2D eigenvalue weighted by atomic mass is 35.5. The zero-order chi connectivity index (χ0) is 19.7. The van der Waals surface area contributed by atoms with Crippen LogP contribution in [0.3, 0.4) is 0 Å². The van der Waals surface area contributed by atoms with Crippen molar-refractivity contribution < 1.29 is 9.53 Å². The number of carbonyl (C=O) groups excluding carboxylic acids is 1. The van der Waals surface area contributed by atoms with Crippen LogP contribution in [0, 0.1) is 6.92 Å². The molecule has 1 N–H and O–H groups in total. The maximum Gasteiger partial charge on any atom is 0.357 e. The van der Waals surface area contributed by atoms with Crippen LogP contribution in [-0.4, -0.2) is 43.3 Å². The van der Waals surface area contributed by atoms with Crippen LogP contribution in [0.25, 0.3) is 16.6 Å². The molecule has 1 aliphatic heterocycles. The van der Waals surface area contributed by atoms with Gasteiger partial charge in [-0.2, -0.15) is 0 Å². The number of halogens is 1. The Kier molecular flexibility index (Phi) is 5.29. The molecule has 6 heteroatoms. The molecule has 28 heavy (non-hydrogen) atoms.